The Bertz CT molecular complexity index is 1040. The molecule has 0 saturated heterocycles. The van der Waals surface area contributed by atoms with E-state index in [-0.39, 0.29) is 5.91 Å². The maximum atomic E-state index is 12.4. The van der Waals surface area contributed by atoms with Crippen LogP contribution in [0.25, 0.3) is 11.0 Å². The number of hydrogen-bond acceptors (Lipinski definition) is 7. The fraction of sp³-hybridized carbons (Fsp3) is 0.500. The summed E-state index contributed by atoms with van der Waals surface area (Å²) in [5.74, 6) is 3.07. The van der Waals surface area contributed by atoms with Crippen LogP contribution < -0.4 is 15.4 Å². The molecule has 0 aliphatic heterocycles. The van der Waals surface area contributed by atoms with Crippen LogP contribution in [0.15, 0.2) is 35.6 Å². The quantitative estimate of drug-likeness (QED) is 0.286. The molecule has 1 aromatic carbocycles. The van der Waals surface area contributed by atoms with Gasteiger partial charge in [-0.25, -0.2) is 14.6 Å². The van der Waals surface area contributed by atoms with Crippen LogP contribution in [0.4, 0.5) is 5.82 Å². The van der Waals surface area contributed by atoms with Gasteiger partial charge in [0.2, 0.25) is 5.91 Å². The van der Waals surface area contributed by atoms with Crippen LogP contribution in [-0.4, -0.2) is 51.1 Å². The number of nitrogens with zero attached hydrogens (tertiary/aromatic N) is 4. The summed E-state index contributed by atoms with van der Waals surface area (Å²) in [4.78, 5) is 21.8. The van der Waals surface area contributed by atoms with Gasteiger partial charge in [-0.3, -0.25) is 4.79 Å². The smallest absolute Gasteiger partial charge is 0.224 e. The molecule has 0 atom stereocenters. The van der Waals surface area contributed by atoms with Gasteiger partial charge in [-0.2, -0.15) is 5.10 Å². The minimum absolute atomic E-state index is 0.0243. The number of rotatable bonds is 13. The van der Waals surface area contributed by atoms with E-state index >= 15 is 0 Å². The van der Waals surface area contributed by atoms with Gasteiger partial charge in [0, 0.05) is 18.8 Å². The van der Waals surface area contributed by atoms with Crippen LogP contribution in [-0.2, 0) is 17.8 Å². The third-order valence-electron chi connectivity index (χ3n) is 4.83. The zero-order chi connectivity index (χ0) is 23.6. The van der Waals surface area contributed by atoms with Crippen LogP contribution >= 0.6 is 11.8 Å². The second-order valence-corrected chi connectivity index (χ2v) is 9.25. The fourth-order valence-corrected chi connectivity index (χ4v) is 3.91. The van der Waals surface area contributed by atoms with Crippen molar-refractivity contribution in [1.82, 2.24) is 25.1 Å². The molecule has 2 aromatic heterocycles. The molecular weight excluding hydrogens is 436 g/mol. The maximum absolute atomic E-state index is 12.4. The van der Waals surface area contributed by atoms with Crippen molar-refractivity contribution in [2.75, 3.05) is 30.8 Å². The standard InChI is InChI=1S/C24H34N6O2S/c1-5-13-33-24-28-22(26-15-17(3)4)20-16-27-30(23(20)29-24)12-11-25-21(31)14-18-7-9-19(10-8-18)32-6-2/h7-10,16-17H,5-6,11-15H2,1-4H3,(H,25,31)(H,26,28,29). The Balaban J connectivity index is 1.63. The number of fused-ring (bicyclic) bond motifs is 1. The second-order valence-electron chi connectivity index (χ2n) is 8.19. The molecule has 0 aliphatic rings. The Labute approximate surface area is 199 Å². The van der Waals surface area contributed by atoms with E-state index in [0.29, 0.717) is 32.0 Å². The summed E-state index contributed by atoms with van der Waals surface area (Å²) in [6.07, 6.45) is 3.18. The number of amides is 1. The van der Waals surface area contributed by atoms with Crippen molar-refractivity contribution in [1.29, 1.82) is 0 Å². The molecule has 2 heterocycles. The molecular formula is C24H34N6O2S. The molecule has 9 heteroatoms. The van der Waals surface area contributed by atoms with Crippen molar-refractivity contribution in [3.63, 3.8) is 0 Å². The van der Waals surface area contributed by atoms with E-state index in [2.05, 4.69) is 36.5 Å². The highest BCUT2D eigenvalue weighted by Crippen LogP contribution is 2.25. The Kier molecular flexibility index (Phi) is 9.35. The monoisotopic (exact) mass is 470 g/mol. The molecule has 1 amide bonds. The van der Waals surface area contributed by atoms with Crippen LogP contribution in [0.1, 0.15) is 39.7 Å². The lowest BCUT2D eigenvalue weighted by Gasteiger charge is -2.11. The molecule has 33 heavy (non-hydrogen) atoms. The molecule has 2 N–H and O–H groups in total. The third-order valence-corrected chi connectivity index (χ3v) is 5.89. The first-order valence-electron chi connectivity index (χ1n) is 11.6. The highest BCUT2D eigenvalue weighted by Gasteiger charge is 2.14. The minimum atomic E-state index is -0.0243. The number of hydrogen-bond donors (Lipinski definition) is 2. The summed E-state index contributed by atoms with van der Waals surface area (Å²) in [6.45, 7) is 10.9. The molecule has 0 radical (unpaired) electrons. The Hall–Kier alpha value is -2.81. The molecule has 0 saturated carbocycles. The largest absolute Gasteiger partial charge is 0.494 e. The molecule has 8 nitrogen and oxygen atoms in total. The molecule has 0 aliphatic carbocycles. The molecule has 0 bridgehead atoms. The highest BCUT2D eigenvalue weighted by atomic mass is 32.2. The van der Waals surface area contributed by atoms with Crippen molar-refractivity contribution in [2.24, 2.45) is 5.92 Å². The van der Waals surface area contributed by atoms with E-state index < -0.39 is 0 Å². The number of thioether (sulfide) groups is 1. The van der Waals surface area contributed by atoms with Gasteiger partial charge in [-0.05, 0) is 37.0 Å². The molecule has 0 fully saturated rings. The molecule has 3 rings (SSSR count). The second kappa shape index (κ2) is 12.4. The average molecular weight is 471 g/mol. The minimum Gasteiger partial charge on any atom is -0.494 e. The summed E-state index contributed by atoms with van der Waals surface area (Å²) >= 11 is 1.65. The fourth-order valence-electron chi connectivity index (χ4n) is 3.21. The van der Waals surface area contributed by atoms with Gasteiger partial charge < -0.3 is 15.4 Å². The number of nitrogens with one attached hydrogen (secondary N) is 2. The number of aromatic nitrogens is 4. The number of carbonyl (C=O) groups excluding carboxylic acids is 1. The van der Waals surface area contributed by atoms with Crippen LogP contribution in [0.3, 0.4) is 0 Å². The Morgan fingerprint density at radius 1 is 1.18 bits per heavy atom. The average Bonchev–Trinajstić information content (AvgIpc) is 3.20. The van der Waals surface area contributed by atoms with Crippen LogP contribution in [0, 0.1) is 5.92 Å². The van der Waals surface area contributed by atoms with Crippen molar-refractivity contribution in [3.8, 4) is 5.75 Å². The predicted octanol–water partition coefficient (Wildman–Crippen LogP) is 4.15. The van der Waals surface area contributed by atoms with Gasteiger partial charge in [0.15, 0.2) is 10.8 Å². The van der Waals surface area contributed by atoms with E-state index in [9.17, 15) is 4.79 Å². The summed E-state index contributed by atoms with van der Waals surface area (Å²) in [5.41, 5.74) is 1.74. The van der Waals surface area contributed by atoms with Gasteiger partial charge in [0.05, 0.1) is 31.2 Å². The SMILES string of the molecule is CCCSc1nc(NCC(C)C)c2cnn(CCNC(=O)Cc3ccc(OCC)cc3)c2n1. The zero-order valence-corrected chi connectivity index (χ0v) is 20.7. The maximum Gasteiger partial charge on any atom is 0.224 e. The zero-order valence-electron chi connectivity index (χ0n) is 19.9. The normalized spacial score (nSPS) is 11.2. The Morgan fingerprint density at radius 3 is 2.67 bits per heavy atom. The summed E-state index contributed by atoms with van der Waals surface area (Å²) < 4.78 is 7.28. The number of anilines is 1. The Morgan fingerprint density at radius 2 is 1.97 bits per heavy atom. The number of ether oxygens (including phenoxy) is 1. The van der Waals surface area contributed by atoms with E-state index in [1.807, 2.05) is 35.9 Å². The van der Waals surface area contributed by atoms with E-state index in [1.54, 1.807) is 18.0 Å². The summed E-state index contributed by atoms with van der Waals surface area (Å²) in [6, 6.07) is 7.62. The molecule has 0 unspecified atom stereocenters. The summed E-state index contributed by atoms with van der Waals surface area (Å²) in [5, 5.41) is 12.6. The van der Waals surface area contributed by atoms with Crippen molar-refractivity contribution >= 4 is 34.5 Å². The summed E-state index contributed by atoms with van der Waals surface area (Å²) in [7, 11) is 0. The van der Waals surface area contributed by atoms with E-state index in [4.69, 9.17) is 14.7 Å². The highest BCUT2D eigenvalue weighted by molar-refractivity contribution is 7.99. The molecule has 0 spiro atoms. The first-order valence-corrected chi connectivity index (χ1v) is 12.6. The predicted molar refractivity (Wildman–Crippen MR) is 134 cm³/mol. The van der Waals surface area contributed by atoms with Crippen LogP contribution in [0.5, 0.6) is 5.75 Å². The van der Waals surface area contributed by atoms with Gasteiger partial charge in [-0.15, -0.1) is 0 Å². The lowest BCUT2D eigenvalue weighted by Crippen LogP contribution is -2.28. The van der Waals surface area contributed by atoms with Gasteiger partial charge >= 0.3 is 0 Å². The first kappa shape index (κ1) is 24.8. The lowest BCUT2D eigenvalue weighted by molar-refractivity contribution is -0.120. The van der Waals surface area contributed by atoms with Gasteiger partial charge in [0.1, 0.15) is 11.6 Å². The van der Waals surface area contributed by atoms with Gasteiger partial charge in [-0.1, -0.05) is 44.7 Å². The number of carbonyl (C=O) groups is 1. The van der Waals surface area contributed by atoms with Gasteiger partial charge in [0.25, 0.3) is 0 Å². The van der Waals surface area contributed by atoms with E-state index in [1.165, 1.54) is 0 Å². The number of benzene rings is 1. The third kappa shape index (κ3) is 7.35. The van der Waals surface area contributed by atoms with E-state index in [0.717, 1.165) is 52.0 Å². The molecule has 178 valence electrons. The van der Waals surface area contributed by atoms with Crippen LogP contribution in [0.2, 0.25) is 0 Å². The first-order chi connectivity index (χ1) is 16.0. The lowest BCUT2D eigenvalue weighted by atomic mass is 10.1. The van der Waals surface area contributed by atoms with Crippen molar-refractivity contribution < 1.29 is 9.53 Å². The topological polar surface area (TPSA) is 94.0 Å². The van der Waals surface area contributed by atoms with Crippen molar-refractivity contribution in [2.45, 2.75) is 52.2 Å². The molecule has 3 aromatic rings. The van der Waals surface area contributed by atoms with Crippen molar-refractivity contribution in [3.05, 3.63) is 36.0 Å².